The van der Waals surface area contributed by atoms with Crippen LogP contribution in [0.4, 0.5) is 11.4 Å². The normalized spacial score (nSPS) is 11.2. The van der Waals surface area contributed by atoms with Gasteiger partial charge in [-0.05, 0) is 66.8 Å². The van der Waals surface area contributed by atoms with Gasteiger partial charge in [-0.2, -0.15) is 0 Å². The maximum atomic E-state index is 12.8. The molecule has 2 N–H and O–H groups in total. The van der Waals surface area contributed by atoms with Crippen LogP contribution in [0.1, 0.15) is 27.9 Å². The van der Waals surface area contributed by atoms with Crippen LogP contribution in [0, 0.1) is 6.92 Å². The van der Waals surface area contributed by atoms with Crippen LogP contribution in [0.5, 0.6) is 0 Å². The second-order valence-electron chi connectivity index (χ2n) is 5.95. The predicted molar refractivity (Wildman–Crippen MR) is 113 cm³/mol. The van der Waals surface area contributed by atoms with Crippen molar-refractivity contribution >= 4 is 54.8 Å². The van der Waals surface area contributed by atoms with E-state index in [9.17, 15) is 13.2 Å². The van der Waals surface area contributed by atoms with Crippen LogP contribution in [-0.2, 0) is 16.4 Å². The molecule has 0 radical (unpaired) electrons. The molecule has 28 heavy (non-hydrogen) atoms. The lowest BCUT2D eigenvalue weighted by Gasteiger charge is -2.12. The van der Waals surface area contributed by atoms with E-state index < -0.39 is 10.0 Å². The third kappa shape index (κ3) is 4.57. The molecule has 0 spiro atoms. The van der Waals surface area contributed by atoms with Gasteiger partial charge in [0.2, 0.25) is 0 Å². The molecule has 0 saturated heterocycles. The minimum Gasteiger partial charge on any atom is -0.321 e. The fourth-order valence-electron chi connectivity index (χ4n) is 2.50. The highest BCUT2D eigenvalue weighted by Gasteiger charge is 2.20. The van der Waals surface area contributed by atoms with E-state index in [4.69, 9.17) is 0 Å². The molecule has 3 aromatic rings. The highest BCUT2D eigenvalue weighted by Crippen LogP contribution is 2.24. The van der Waals surface area contributed by atoms with Crippen LogP contribution in [0.15, 0.2) is 51.8 Å². The molecule has 7 nitrogen and oxygen atoms in total. The van der Waals surface area contributed by atoms with E-state index in [1.54, 1.807) is 43.3 Å². The SMILES string of the molecule is CCc1nnsc1C(=O)Nc1ccc(C)c(S(=O)(=O)Nc2ccc(Br)cc2)c1. The van der Waals surface area contributed by atoms with Crippen molar-refractivity contribution in [3.8, 4) is 0 Å². The van der Waals surface area contributed by atoms with Crippen molar-refractivity contribution < 1.29 is 13.2 Å². The molecular formula is C18H17BrN4O3S2. The first kappa shape index (κ1) is 20.4. The summed E-state index contributed by atoms with van der Waals surface area (Å²) in [7, 11) is -3.82. The summed E-state index contributed by atoms with van der Waals surface area (Å²) in [4.78, 5) is 13.0. The van der Waals surface area contributed by atoms with Crippen molar-refractivity contribution in [2.75, 3.05) is 10.0 Å². The Kier molecular flexibility index (Phi) is 6.11. The number of amides is 1. The van der Waals surface area contributed by atoms with Crippen molar-refractivity contribution in [2.24, 2.45) is 0 Å². The number of aromatic nitrogens is 2. The van der Waals surface area contributed by atoms with Crippen molar-refractivity contribution in [2.45, 2.75) is 25.2 Å². The van der Waals surface area contributed by atoms with Crippen LogP contribution in [-0.4, -0.2) is 23.9 Å². The van der Waals surface area contributed by atoms with E-state index >= 15 is 0 Å². The number of nitrogens with one attached hydrogen (secondary N) is 2. The van der Waals surface area contributed by atoms with Gasteiger partial charge in [0.15, 0.2) is 0 Å². The Morgan fingerprint density at radius 1 is 1.14 bits per heavy atom. The number of rotatable bonds is 6. The minimum atomic E-state index is -3.82. The molecule has 0 bridgehead atoms. The third-order valence-electron chi connectivity index (χ3n) is 3.93. The molecule has 1 aromatic heterocycles. The lowest BCUT2D eigenvalue weighted by atomic mass is 10.2. The Morgan fingerprint density at radius 2 is 1.82 bits per heavy atom. The van der Waals surface area contributed by atoms with E-state index in [1.807, 2.05) is 6.92 Å². The molecule has 1 amide bonds. The van der Waals surface area contributed by atoms with Gasteiger partial charge < -0.3 is 5.32 Å². The smallest absolute Gasteiger partial charge is 0.269 e. The summed E-state index contributed by atoms with van der Waals surface area (Å²) in [6.07, 6.45) is 0.587. The summed E-state index contributed by atoms with van der Waals surface area (Å²) in [5, 5.41) is 6.64. The number of sulfonamides is 1. The fraction of sp³-hybridized carbons (Fsp3) is 0.167. The summed E-state index contributed by atoms with van der Waals surface area (Å²) < 4.78 is 32.8. The molecule has 0 aliphatic heterocycles. The lowest BCUT2D eigenvalue weighted by Crippen LogP contribution is -2.16. The average molecular weight is 481 g/mol. The minimum absolute atomic E-state index is 0.0892. The van der Waals surface area contributed by atoms with Crippen LogP contribution >= 0.6 is 27.5 Å². The van der Waals surface area contributed by atoms with Crippen LogP contribution < -0.4 is 10.0 Å². The number of halogens is 1. The summed E-state index contributed by atoms with van der Waals surface area (Å²) in [6, 6.07) is 11.6. The molecule has 0 aliphatic carbocycles. The van der Waals surface area contributed by atoms with Gasteiger partial charge in [-0.25, -0.2) is 8.42 Å². The van der Waals surface area contributed by atoms with Crippen LogP contribution in [0.2, 0.25) is 0 Å². The van der Waals surface area contributed by atoms with Gasteiger partial charge in [0.05, 0.1) is 10.6 Å². The summed E-state index contributed by atoms with van der Waals surface area (Å²) in [5.74, 6) is -0.361. The highest BCUT2D eigenvalue weighted by molar-refractivity contribution is 9.10. The molecule has 2 aromatic carbocycles. The second-order valence-corrected chi connectivity index (χ2v) is 9.27. The number of aryl methyl sites for hydroxylation is 2. The van der Waals surface area contributed by atoms with Crippen molar-refractivity contribution in [1.82, 2.24) is 9.59 Å². The Bertz CT molecular complexity index is 1110. The molecule has 0 unspecified atom stereocenters. The standard InChI is InChI=1S/C18H17BrN4O3S2/c1-3-15-17(27-23-21-15)18(24)20-14-7-4-11(2)16(10-14)28(25,26)22-13-8-5-12(19)6-9-13/h4-10,22H,3H2,1-2H3,(H,20,24). The largest absolute Gasteiger partial charge is 0.321 e. The zero-order valence-corrected chi connectivity index (χ0v) is 18.3. The van der Waals surface area contributed by atoms with Crippen molar-refractivity contribution in [3.63, 3.8) is 0 Å². The molecule has 10 heteroatoms. The highest BCUT2D eigenvalue weighted by atomic mass is 79.9. The number of hydrogen-bond acceptors (Lipinski definition) is 6. The number of carbonyl (C=O) groups is 1. The first-order chi connectivity index (χ1) is 13.3. The molecule has 1 heterocycles. The van der Waals surface area contributed by atoms with Crippen molar-refractivity contribution in [3.05, 3.63) is 63.1 Å². The first-order valence-corrected chi connectivity index (χ1v) is 11.4. The maximum absolute atomic E-state index is 12.8. The fourth-order valence-corrected chi connectivity index (χ4v) is 4.74. The zero-order valence-electron chi connectivity index (χ0n) is 15.1. The Hall–Kier alpha value is -2.30. The number of hydrogen-bond donors (Lipinski definition) is 2. The second kappa shape index (κ2) is 8.38. The molecule has 3 rings (SSSR count). The lowest BCUT2D eigenvalue weighted by molar-refractivity contribution is 0.102. The third-order valence-corrected chi connectivity index (χ3v) is 6.75. The molecule has 0 aliphatic rings. The number of nitrogens with zero attached hydrogens (tertiary/aromatic N) is 2. The van der Waals surface area contributed by atoms with E-state index in [0.29, 0.717) is 33.9 Å². The maximum Gasteiger partial charge on any atom is 0.269 e. The van der Waals surface area contributed by atoms with E-state index in [2.05, 4.69) is 35.6 Å². The average Bonchev–Trinajstić information content (AvgIpc) is 3.14. The van der Waals surface area contributed by atoms with E-state index in [-0.39, 0.29) is 10.8 Å². The van der Waals surface area contributed by atoms with Gasteiger partial charge in [0, 0.05) is 15.8 Å². The summed E-state index contributed by atoms with van der Waals surface area (Å²) in [6.45, 7) is 3.59. The van der Waals surface area contributed by atoms with Gasteiger partial charge in [0.25, 0.3) is 15.9 Å². The number of anilines is 2. The van der Waals surface area contributed by atoms with Gasteiger partial charge in [-0.1, -0.05) is 33.4 Å². The molecule has 0 saturated carbocycles. The Labute approximate surface area is 175 Å². The van der Waals surface area contributed by atoms with E-state index in [1.165, 1.54) is 6.07 Å². The zero-order chi connectivity index (χ0) is 20.3. The topological polar surface area (TPSA) is 101 Å². The first-order valence-electron chi connectivity index (χ1n) is 8.32. The predicted octanol–water partition coefficient (Wildman–Crippen LogP) is 4.22. The van der Waals surface area contributed by atoms with Gasteiger partial charge in [-0.15, -0.1) is 5.10 Å². The summed E-state index contributed by atoms with van der Waals surface area (Å²) in [5.41, 5.74) is 2.00. The Morgan fingerprint density at radius 3 is 2.50 bits per heavy atom. The van der Waals surface area contributed by atoms with Gasteiger partial charge >= 0.3 is 0 Å². The van der Waals surface area contributed by atoms with Crippen LogP contribution in [0.25, 0.3) is 0 Å². The van der Waals surface area contributed by atoms with Crippen molar-refractivity contribution in [1.29, 1.82) is 0 Å². The monoisotopic (exact) mass is 480 g/mol. The summed E-state index contributed by atoms with van der Waals surface area (Å²) >= 11 is 4.32. The molecular weight excluding hydrogens is 464 g/mol. The quantitative estimate of drug-likeness (QED) is 0.549. The molecule has 0 fully saturated rings. The number of benzene rings is 2. The van der Waals surface area contributed by atoms with Gasteiger partial charge in [-0.3, -0.25) is 9.52 Å². The molecule has 0 atom stereocenters. The molecule has 146 valence electrons. The van der Waals surface area contributed by atoms with Crippen LogP contribution in [0.3, 0.4) is 0 Å². The van der Waals surface area contributed by atoms with Gasteiger partial charge in [0.1, 0.15) is 4.88 Å². The number of carbonyl (C=O) groups excluding carboxylic acids is 1. The Balaban J connectivity index is 1.86. The van der Waals surface area contributed by atoms with E-state index in [0.717, 1.165) is 16.0 Å².